The summed E-state index contributed by atoms with van der Waals surface area (Å²) in [5.74, 6) is 2.57. The molecule has 0 amide bonds. The molecule has 0 saturated carbocycles. The second-order valence-electron chi connectivity index (χ2n) is 3.58. The lowest BCUT2D eigenvalue weighted by Gasteiger charge is -2.03. The van der Waals surface area contributed by atoms with Gasteiger partial charge in [0, 0.05) is 23.7 Å². The van der Waals surface area contributed by atoms with E-state index in [0.717, 1.165) is 13.1 Å². The van der Waals surface area contributed by atoms with Crippen molar-refractivity contribution in [2.75, 3.05) is 18.1 Å². The summed E-state index contributed by atoms with van der Waals surface area (Å²) in [7, 11) is 0. The van der Waals surface area contributed by atoms with E-state index in [1.54, 1.807) is 0 Å². The molecule has 86 valence electrons. The van der Waals surface area contributed by atoms with Crippen LogP contribution in [0, 0.1) is 0 Å². The molecule has 0 unspecified atom stereocenters. The van der Waals surface area contributed by atoms with Gasteiger partial charge in [-0.2, -0.15) is 11.8 Å². The molecule has 0 aliphatic carbocycles. The van der Waals surface area contributed by atoms with Gasteiger partial charge in [-0.15, -0.1) is 11.3 Å². The summed E-state index contributed by atoms with van der Waals surface area (Å²) >= 11 is 3.90. The summed E-state index contributed by atoms with van der Waals surface area (Å²) in [6.07, 6.45) is 4.10. The van der Waals surface area contributed by atoms with Gasteiger partial charge in [-0.25, -0.2) is 0 Å². The molecule has 1 N–H and O–H groups in total. The molecule has 1 rings (SSSR count). The van der Waals surface area contributed by atoms with E-state index >= 15 is 0 Å². The third-order valence-electron chi connectivity index (χ3n) is 2.19. The number of thioether (sulfide) groups is 1. The maximum Gasteiger partial charge on any atom is 0.0300 e. The third-order valence-corrected chi connectivity index (χ3v) is 4.14. The number of hydrogen-bond acceptors (Lipinski definition) is 3. The lowest BCUT2D eigenvalue weighted by molar-refractivity contribution is 0.739. The van der Waals surface area contributed by atoms with Crippen molar-refractivity contribution in [1.82, 2.24) is 5.32 Å². The predicted octanol–water partition coefficient (Wildman–Crippen LogP) is 3.76. The van der Waals surface area contributed by atoms with Gasteiger partial charge < -0.3 is 5.32 Å². The summed E-state index contributed by atoms with van der Waals surface area (Å²) in [5, 5.41) is 5.60. The summed E-state index contributed by atoms with van der Waals surface area (Å²) < 4.78 is 0. The smallest absolute Gasteiger partial charge is 0.0300 e. The van der Waals surface area contributed by atoms with Crippen LogP contribution in [0.15, 0.2) is 17.5 Å². The fourth-order valence-electron chi connectivity index (χ4n) is 1.33. The van der Waals surface area contributed by atoms with Gasteiger partial charge in [0.1, 0.15) is 0 Å². The Labute approximate surface area is 102 Å². The Balaban J connectivity index is 1.81. The molecular formula is C12H21NS2. The maximum atomic E-state index is 3.47. The van der Waals surface area contributed by atoms with E-state index in [9.17, 15) is 0 Å². The number of thiophene rings is 1. The van der Waals surface area contributed by atoms with Crippen LogP contribution in [-0.4, -0.2) is 18.1 Å². The van der Waals surface area contributed by atoms with Crippen molar-refractivity contribution in [3.8, 4) is 0 Å². The Kier molecular flexibility index (Phi) is 8.07. The summed E-state index contributed by atoms with van der Waals surface area (Å²) in [6, 6.07) is 4.30. The highest BCUT2D eigenvalue weighted by Gasteiger charge is 1.93. The van der Waals surface area contributed by atoms with Crippen LogP contribution in [0.5, 0.6) is 0 Å². The molecule has 0 aliphatic heterocycles. The molecule has 1 heterocycles. The minimum absolute atomic E-state index is 1.03. The van der Waals surface area contributed by atoms with Crippen LogP contribution in [0.4, 0.5) is 0 Å². The minimum atomic E-state index is 1.03. The lowest BCUT2D eigenvalue weighted by atomic mass is 10.3. The van der Waals surface area contributed by atoms with Crippen molar-refractivity contribution in [3.05, 3.63) is 22.4 Å². The molecule has 0 radical (unpaired) electrons. The highest BCUT2D eigenvalue weighted by Crippen LogP contribution is 2.08. The van der Waals surface area contributed by atoms with Crippen molar-refractivity contribution >= 4 is 23.1 Å². The fraction of sp³-hybridized carbons (Fsp3) is 0.667. The number of unbranched alkanes of at least 4 members (excludes halogenated alkanes) is 2. The topological polar surface area (TPSA) is 12.0 Å². The molecule has 1 aromatic heterocycles. The van der Waals surface area contributed by atoms with Gasteiger partial charge >= 0.3 is 0 Å². The third kappa shape index (κ3) is 6.98. The van der Waals surface area contributed by atoms with Gasteiger partial charge in [0.05, 0.1) is 0 Å². The molecular weight excluding hydrogens is 222 g/mol. The van der Waals surface area contributed by atoms with Crippen LogP contribution in [-0.2, 0) is 6.54 Å². The molecule has 1 nitrogen and oxygen atoms in total. The minimum Gasteiger partial charge on any atom is -0.311 e. The summed E-state index contributed by atoms with van der Waals surface area (Å²) in [6.45, 7) is 4.43. The fourth-order valence-corrected chi connectivity index (χ4v) is 2.90. The first-order valence-electron chi connectivity index (χ1n) is 5.74. The van der Waals surface area contributed by atoms with Gasteiger partial charge in [-0.3, -0.25) is 0 Å². The zero-order valence-corrected chi connectivity index (χ0v) is 11.1. The summed E-state index contributed by atoms with van der Waals surface area (Å²) in [4.78, 5) is 1.44. The van der Waals surface area contributed by atoms with Crippen LogP contribution in [0.2, 0.25) is 0 Å². The van der Waals surface area contributed by atoms with Crippen LogP contribution in [0.3, 0.4) is 0 Å². The van der Waals surface area contributed by atoms with Crippen molar-refractivity contribution in [2.45, 2.75) is 32.7 Å². The summed E-state index contributed by atoms with van der Waals surface area (Å²) in [5.41, 5.74) is 0. The molecule has 0 aliphatic rings. The Morgan fingerprint density at radius 3 is 3.00 bits per heavy atom. The average Bonchev–Trinajstić information content (AvgIpc) is 2.75. The van der Waals surface area contributed by atoms with E-state index < -0.39 is 0 Å². The number of hydrogen-bond donors (Lipinski definition) is 1. The van der Waals surface area contributed by atoms with Gasteiger partial charge in [-0.05, 0) is 23.6 Å². The molecule has 0 fully saturated rings. The van der Waals surface area contributed by atoms with Crippen LogP contribution in [0.1, 0.15) is 31.1 Å². The average molecular weight is 243 g/mol. The van der Waals surface area contributed by atoms with E-state index in [1.807, 2.05) is 11.3 Å². The van der Waals surface area contributed by atoms with E-state index in [2.05, 4.69) is 41.5 Å². The van der Waals surface area contributed by atoms with Crippen molar-refractivity contribution < 1.29 is 0 Å². The quantitative estimate of drug-likeness (QED) is 0.663. The molecule has 0 saturated heterocycles. The highest BCUT2D eigenvalue weighted by atomic mass is 32.2. The zero-order valence-electron chi connectivity index (χ0n) is 9.50. The number of nitrogens with one attached hydrogen (secondary N) is 1. The highest BCUT2D eigenvalue weighted by molar-refractivity contribution is 7.99. The largest absolute Gasteiger partial charge is 0.311 e. The van der Waals surface area contributed by atoms with Gasteiger partial charge in [0.15, 0.2) is 0 Å². The maximum absolute atomic E-state index is 3.47. The molecule has 0 aromatic carbocycles. The van der Waals surface area contributed by atoms with Crippen molar-refractivity contribution in [2.24, 2.45) is 0 Å². The molecule has 1 aromatic rings. The zero-order chi connectivity index (χ0) is 10.8. The predicted molar refractivity (Wildman–Crippen MR) is 72.9 cm³/mol. The van der Waals surface area contributed by atoms with E-state index in [4.69, 9.17) is 0 Å². The first-order valence-corrected chi connectivity index (χ1v) is 7.77. The standard InChI is InChI=1S/C12H21NS2/c1-2-3-4-8-14-10-7-13-11-12-6-5-9-15-12/h5-6,9,13H,2-4,7-8,10-11H2,1H3. The van der Waals surface area contributed by atoms with E-state index in [0.29, 0.717) is 0 Å². The second kappa shape index (κ2) is 9.25. The van der Waals surface area contributed by atoms with Crippen LogP contribution >= 0.6 is 23.1 Å². The Bertz CT molecular complexity index is 222. The SMILES string of the molecule is CCCCCSCCNCc1cccs1. The van der Waals surface area contributed by atoms with Crippen LogP contribution < -0.4 is 5.32 Å². The molecule has 0 spiro atoms. The molecule has 0 atom stereocenters. The van der Waals surface area contributed by atoms with Crippen molar-refractivity contribution in [3.63, 3.8) is 0 Å². The molecule has 15 heavy (non-hydrogen) atoms. The number of rotatable bonds is 9. The van der Waals surface area contributed by atoms with E-state index in [1.165, 1.54) is 35.6 Å². The molecule has 3 heteroatoms. The first-order chi connectivity index (χ1) is 7.43. The van der Waals surface area contributed by atoms with Crippen LogP contribution in [0.25, 0.3) is 0 Å². The Morgan fingerprint density at radius 1 is 1.33 bits per heavy atom. The van der Waals surface area contributed by atoms with Gasteiger partial charge in [-0.1, -0.05) is 25.8 Å². The Hall–Kier alpha value is 0.01000. The molecule has 0 bridgehead atoms. The van der Waals surface area contributed by atoms with Gasteiger partial charge in [0.25, 0.3) is 0 Å². The lowest BCUT2D eigenvalue weighted by Crippen LogP contribution is -2.15. The normalized spacial score (nSPS) is 10.7. The monoisotopic (exact) mass is 243 g/mol. The second-order valence-corrected chi connectivity index (χ2v) is 5.83. The van der Waals surface area contributed by atoms with E-state index in [-0.39, 0.29) is 0 Å². The first kappa shape index (κ1) is 13.1. The van der Waals surface area contributed by atoms with Crippen molar-refractivity contribution in [1.29, 1.82) is 0 Å². The van der Waals surface area contributed by atoms with Gasteiger partial charge in [0.2, 0.25) is 0 Å². The Morgan fingerprint density at radius 2 is 2.27 bits per heavy atom.